The molecule has 3 fully saturated rings. The number of hydrogen-bond donors (Lipinski definition) is 0. The van der Waals surface area contributed by atoms with Crippen molar-refractivity contribution >= 4 is 17.6 Å². The van der Waals surface area contributed by atoms with E-state index in [0.717, 1.165) is 30.9 Å². The van der Waals surface area contributed by atoms with E-state index in [0.29, 0.717) is 17.7 Å². The van der Waals surface area contributed by atoms with E-state index in [9.17, 15) is 4.79 Å². The molecule has 4 aliphatic rings. The van der Waals surface area contributed by atoms with E-state index in [1.54, 1.807) is 0 Å². The van der Waals surface area contributed by atoms with E-state index >= 15 is 0 Å². The number of fused-ring (bicyclic) bond motifs is 5. The second-order valence-corrected chi connectivity index (χ2v) is 10.3. The largest absolute Gasteiger partial charge is 0.337 e. The molecule has 1 saturated carbocycles. The quantitative estimate of drug-likeness (QED) is 0.646. The van der Waals surface area contributed by atoms with Crippen LogP contribution in [0.5, 0.6) is 0 Å². The zero-order chi connectivity index (χ0) is 20.2. The number of carbonyl (C=O) groups is 1. The first-order valence-corrected chi connectivity index (χ1v) is 11.6. The summed E-state index contributed by atoms with van der Waals surface area (Å²) in [5, 5.41) is 0. The summed E-state index contributed by atoms with van der Waals surface area (Å²) in [4.78, 5) is 19.6. The predicted molar refractivity (Wildman–Crippen MR) is 118 cm³/mol. The van der Waals surface area contributed by atoms with Gasteiger partial charge in [0.05, 0.1) is 0 Å². The molecule has 5 rings (SSSR count). The highest BCUT2D eigenvalue weighted by Crippen LogP contribution is 2.63. The Morgan fingerprint density at radius 2 is 2.03 bits per heavy atom. The van der Waals surface area contributed by atoms with E-state index in [2.05, 4.69) is 42.5 Å². The fourth-order valence-corrected chi connectivity index (χ4v) is 7.55. The number of nitrogens with zero attached hydrogens (tertiary/aromatic N) is 2. The van der Waals surface area contributed by atoms with Crippen LogP contribution in [0.3, 0.4) is 0 Å². The van der Waals surface area contributed by atoms with E-state index in [-0.39, 0.29) is 11.0 Å². The molecule has 5 atom stereocenters. The minimum Gasteiger partial charge on any atom is -0.337 e. The van der Waals surface area contributed by atoms with Crippen LogP contribution in [0.2, 0.25) is 0 Å². The minimum atomic E-state index is 0.0743. The highest BCUT2D eigenvalue weighted by atomic mass is 16.2. The van der Waals surface area contributed by atoms with Gasteiger partial charge in [0.15, 0.2) is 0 Å². The van der Waals surface area contributed by atoms with Gasteiger partial charge in [-0.2, -0.15) is 0 Å². The van der Waals surface area contributed by atoms with Gasteiger partial charge in [0.1, 0.15) is 0 Å². The molecule has 1 aromatic heterocycles. The van der Waals surface area contributed by atoms with Crippen molar-refractivity contribution in [3.63, 3.8) is 0 Å². The summed E-state index contributed by atoms with van der Waals surface area (Å²) in [6.07, 6.45) is 17.4. The number of pyridine rings is 1. The SMILES string of the molecule is C=Cc1cncc(C2=CCC3C4CCN5C(=O)CCCCC5(C)C4CCC23C)c1. The van der Waals surface area contributed by atoms with Gasteiger partial charge in [-0.05, 0) is 91.4 Å². The van der Waals surface area contributed by atoms with Gasteiger partial charge < -0.3 is 4.90 Å². The molecule has 0 bridgehead atoms. The average molecular weight is 391 g/mol. The summed E-state index contributed by atoms with van der Waals surface area (Å²) in [5.74, 6) is 2.49. The molecule has 2 aliphatic heterocycles. The zero-order valence-corrected chi connectivity index (χ0v) is 18.0. The summed E-state index contributed by atoms with van der Waals surface area (Å²) in [6, 6.07) is 2.25. The Balaban J connectivity index is 1.46. The molecular weight excluding hydrogens is 356 g/mol. The third-order valence-electron chi connectivity index (χ3n) is 9.05. The number of allylic oxidation sites excluding steroid dienone is 2. The van der Waals surface area contributed by atoms with Gasteiger partial charge in [0, 0.05) is 30.9 Å². The van der Waals surface area contributed by atoms with Crippen LogP contribution in [-0.2, 0) is 4.79 Å². The van der Waals surface area contributed by atoms with Gasteiger partial charge in [0.2, 0.25) is 5.91 Å². The fraction of sp³-hybridized carbons (Fsp3) is 0.615. The van der Waals surface area contributed by atoms with E-state index < -0.39 is 0 Å². The lowest BCUT2D eigenvalue weighted by atomic mass is 9.52. The van der Waals surface area contributed by atoms with Gasteiger partial charge in [-0.1, -0.05) is 32.1 Å². The maximum atomic E-state index is 12.8. The molecule has 2 saturated heterocycles. The van der Waals surface area contributed by atoms with Crippen LogP contribution in [0.15, 0.2) is 31.1 Å². The van der Waals surface area contributed by atoms with Crippen molar-refractivity contribution in [3.8, 4) is 0 Å². The summed E-state index contributed by atoms with van der Waals surface area (Å²) in [5.41, 5.74) is 4.18. The van der Waals surface area contributed by atoms with Crippen molar-refractivity contribution in [2.75, 3.05) is 6.54 Å². The Hall–Kier alpha value is -1.90. The maximum absolute atomic E-state index is 12.8. The van der Waals surface area contributed by atoms with Crippen LogP contribution in [0.4, 0.5) is 0 Å². The number of piperidine rings is 1. The third-order valence-corrected chi connectivity index (χ3v) is 9.05. The van der Waals surface area contributed by atoms with Crippen LogP contribution in [0.25, 0.3) is 11.6 Å². The molecule has 0 N–H and O–H groups in total. The highest BCUT2D eigenvalue weighted by Gasteiger charge is 2.58. The predicted octanol–water partition coefficient (Wildman–Crippen LogP) is 5.73. The van der Waals surface area contributed by atoms with Crippen molar-refractivity contribution in [2.45, 2.75) is 70.8 Å². The Morgan fingerprint density at radius 1 is 1.17 bits per heavy atom. The molecule has 0 radical (unpaired) electrons. The van der Waals surface area contributed by atoms with Gasteiger partial charge in [-0.25, -0.2) is 0 Å². The van der Waals surface area contributed by atoms with Crippen LogP contribution in [-0.4, -0.2) is 27.9 Å². The van der Waals surface area contributed by atoms with Crippen LogP contribution < -0.4 is 0 Å². The van der Waals surface area contributed by atoms with Crippen molar-refractivity contribution in [1.82, 2.24) is 9.88 Å². The standard InChI is InChI=1S/C26H34N2O/c1-4-18-15-19(17-27-16-18)21-8-9-22-20-11-14-28-24(29)7-5-6-12-26(28,3)23(20)10-13-25(21,22)2/h4,8,15-17,20,22-23H,1,5-7,9-14H2,2-3H3. The molecule has 2 aliphatic carbocycles. The smallest absolute Gasteiger partial charge is 0.223 e. The van der Waals surface area contributed by atoms with Gasteiger partial charge in [0.25, 0.3) is 0 Å². The molecule has 3 nitrogen and oxygen atoms in total. The molecule has 0 spiro atoms. The number of carbonyl (C=O) groups excluding carboxylic acids is 1. The third kappa shape index (κ3) is 2.76. The fourth-order valence-electron chi connectivity index (χ4n) is 7.55. The second kappa shape index (κ2) is 6.82. The van der Waals surface area contributed by atoms with Gasteiger partial charge in [-0.3, -0.25) is 9.78 Å². The molecule has 5 unspecified atom stereocenters. The van der Waals surface area contributed by atoms with Crippen LogP contribution in [0, 0.1) is 23.2 Å². The van der Waals surface area contributed by atoms with Crippen molar-refractivity contribution in [1.29, 1.82) is 0 Å². The molecule has 154 valence electrons. The number of rotatable bonds is 2. The van der Waals surface area contributed by atoms with Crippen LogP contribution >= 0.6 is 0 Å². The lowest BCUT2D eigenvalue weighted by Gasteiger charge is -2.59. The number of hydrogen-bond acceptors (Lipinski definition) is 2. The maximum Gasteiger partial charge on any atom is 0.223 e. The Kier molecular flexibility index (Phi) is 4.49. The van der Waals surface area contributed by atoms with Gasteiger partial charge >= 0.3 is 0 Å². The molecule has 3 heteroatoms. The molecule has 1 aromatic rings. The molecule has 1 amide bonds. The van der Waals surface area contributed by atoms with Crippen LogP contribution in [0.1, 0.15) is 76.3 Å². The van der Waals surface area contributed by atoms with Crippen molar-refractivity contribution in [2.24, 2.45) is 23.2 Å². The Bertz CT molecular complexity index is 873. The van der Waals surface area contributed by atoms with E-state index in [4.69, 9.17) is 0 Å². The summed E-state index contributed by atoms with van der Waals surface area (Å²) in [6.45, 7) is 9.80. The Labute approximate surface area is 175 Å². The lowest BCUT2D eigenvalue weighted by molar-refractivity contribution is -0.150. The summed E-state index contributed by atoms with van der Waals surface area (Å²) < 4.78 is 0. The monoisotopic (exact) mass is 390 g/mol. The number of aromatic nitrogens is 1. The van der Waals surface area contributed by atoms with Crippen molar-refractivity contribution in [3.05, 3.63) is 42.2 Å². The van der Waals surface area contributed by atoms with E-state index in [1.165, 1.54) is 49.7 Å². The lowest BCUT2D eigenvalue weighted by Crippen LogP contribution is -2.62. The first-order chi connectivity index (χ1) is 14.0. The topological polar surface area (TPSA) is 33.2 Å². The molecular formula is C26H34N2O. The molecule has 3 heterocycles. The Morgan fingerprint density at radius 3 is 2.86 bits per heavy atom. The summed E-state index contributed by atoms with van der Waals surface area (Å²) in [7, 11) is 0. The van der Waals surface area contributed by atoms with Crippen molar-refractivity contribution < 1.29 is 4.79 Å². The highest BCUT2D eigenvalue weighted by molar-refractivity contribution is 5.78. The second-order valence-electron chi connectivity index (χ2n) is 10.3. The number of amides is 1. The van der Waals surface area contributed by atoms with Gasteiger partial charge in [-0.15, -0.1) is 0 Å². The zero-order valence-electron chi connectivity index (χ0n) is 18.0. The minimum absolute atomic E-state index is 0.0743. The summed E-state index contributed by atoms with van der Waals surface area (Å²) >= 11 is 0. The average Bonchev–Trinajstić information content (AvgIpc) is 3.00. The molecule has 0 aromatic carbocycles. The molecule has 29 heavy (non-hydrogen) atoms. The first kappa shape index (κ1) is 19.1. The van der Waals surface area contributed by atoms with E-state index in [1.807, 2.05) is 18.5 Å². The first-order valence-electron chi connectivity index (χ1n) is 11.6. The normalized spacial score (nSPS) is 39.1.